The van der Waals surface area contributed by atoms with Gasteiger partial charge in [0.1, 0.15) is 5.75 Å². The average molecular weight is 311 g/mol. The third kappa shape index (κ3) is 4.59. The summed E-state index contributed by atoms with van der Waals surface area (Å²) in [7, 11) is 0. The van der Waals surface area contributed by atoms with E-state index in [9.17, 15) is 4.79 Å². The molecule has 0 aliphatic carbocycles. The van der Waals surface area contributed by atoms with Gasteiger partial charge < -0.3 is 10.1 Å². The summed E-state index contributed by atoms with van der Waals surface area (Å²) in [6.07, 6.45) is 0.144. The molecule has 0 unspecified atom stereocenters. The number of carbonyl (C=O) groups is 1. The monoisotopic (exact) mass is 311 g/mol. The van der Waals surface area contributed by atoms with Gasteiger partial charge in [0.15, 0.2) is 6.10 Å². The zero-order valence-corrected chi connectivity index (χ0v) is 14.3. The van der Waals surface area contributed by atoms with Crippen molar-refractivity contribution in [3.05, 3.63) is 65.2 Å². The predicted octanol–water partition coefficient (Wildman–Crippen LogP) is 4.34. The molecule has 2 aromatic carbocycles. The highest BCUT2D eigenvalue weighted by Crippen LogP contribution is 2.20. The number of hydrogen-bond acceptors (Lipinski definition) is 2. The number of hydrogen-bond donors (Lipinski definition) is 1. The minimum atomic E-state index is -0.482. The molecule has 1 N–H and O–H groups in total. The average Bonchev–Trinajstić information content (AvgIpc) is 2.55. The molecule has 0 saturated carbocycles. The van der Waals surface area contributed by atoms with Crippen LogP contribution in [0.3, 0.4) is 0 Å². The third-order valence-electron chi connectivity index (χ3n) is 3.94. The fourth-order valence-electron chi connectivity index (χ4n) is 2.60. The molecule has 0 aliphatic heterocycles. The molecule has 3 heteroatoms. The lowest BCUT2D eigenvalue weighted by Gasteiger charge is -2.22. The van der Waals surface area contributed by atoms with Crippen molar-refractivity contribution in [3.8, 4) is 5.75 Å². The number of para-hydroxylation sites is 1. The topological polar surface area (TPSA) is 38.3 Å². The summed E-state index contributed by atoms with van der Waals surface area (Å²) in [5, 5.41) is 3.07. The molecular formula is C20H25NO2. The van der Waals surface area contributed by atoms with Crippen LogP contribution >= 0.6 is 0 Å². The zero-order chi connectivity index (χ0) is 16.8. The molecule has 0 aromatic heterocycles. The molecule has 0 radical (unpaired) electrons. The molecule has 1 amide bonds. The minimum absolute atomic E-state index is 0.0455. The first-order chi connectivity index (χ1) is 11.0. The highest BCUT2D eigenvalue weighted by atomic mass is 16.5. The number of aryl methyl sites for hydroxylation is 2. The first-order valence-electron chi connectivity index (χ1n) is 8.10. The maximum atomic E-state index is 12.5. The van der Waals surface area contributed by atoms with Gasteiger partial charge in [-0.1, -0.05) is 48.9 Å². The maximum Gasteiger partial charge on any atom is 0.261 e. The van der Waals surface area contributed by atoms with Gasteiger partial charge in [0.25, 0.3) is 5.91 Å². The van der Waals surface area contributed by atoms with Crippen LogP contribution < -0.4 is 10.1 Å². The lowest BCUT2D eigenvalue weighted by Crippen LogP contribution is -2.39. The molecule has 23 heavy (non-hydrogen) atoms. The second-order valence-corrected chi connectivity index (χ2v) is 5.92. The van der Waals surface area contributed by atoms with E-state index in [1.807, 2.05) is 44.2 Å². The van der Waals surface area contributed by atoms with Gasteiger partial charge in [-0.05, 0) is 50.5 Å². The van der Waals surface area contributed by atoms with Crippen LogP contribution in [0.25, 0.3) is 0 Å². The van der Waals surface area contributed by atoms with Crippen molar-refractivity contribution in [2.24, 2.45) is 0 Å². The fourth-order valence-corrected chi connectivity index (χ4v) is 2.60. The Labute approximate surface area is 138 Å². The van der Waals surface area contributed by atoms with E-state index >= 15 is 0 Å². The van der Waals surface area contributed by atoms with Crippen LogP contribution in [0.1, 0.15) is 43.0 Å². The van der Waals surface area contributed by atoms with E-state index in [1.165, 1.54) is 11.1 Å². The number of amides is 1. The Balaban J connectivity index is 2.05. The van der Waals surface area contributed by atoms with Crippen molar-refractivity contribution >= 4 is 5.91 Å². The van der Waals surface area contributed by atoms with Crippen molar-refractivity contribution in [2.45, 2.75) is 46.3 Å². The number of benzene rings is 2. The molecule has 3 nitrogen and oxygen atoms in total. The van der Waals surface area contributed by atoms with Crippen LogP contribution in [0.5, 0.6) is 5.75 Å². The van der Waals surface area contributed by atoms with Gasteiger partial charge in [-0.3, -0.25) is 4.79 Å². The number of ether oxygens (including phenoxy) is 1. The Kier molecular flexibility index (Phi) is 5.80. The summed E-state index contributed by atoms with van der Waals surface area (Å²) in [4.78, 5) is 12.5. The van der Waals surface area contributed by atoms with Crippen LogP contribution in [0.4, 0.5) is 0 Å². The Morgan fingerprint density at radius 1 is 1.13 bits per heavy atom. The van der Waals surface area contributed by atoms with Gasteiger partial charge in [0, 0.05) is 0 Å². The highest BCUT2D eigenvalue weighted by molar-refractivity contribution is 5.81. The number of nitrogens with one attached hydrogen (secondary N) is 1. The molecule has 2 aromatic rings. The standard InChI is InChI=1S/C20H25NO2/c1-5-19(23-17-9-7-6-8-10-17)20(22)21-16(4)18-13-14(2)11-12-15(18)3/h6-13,16,19H,5H2,1-4H3,(H,21,22)/t16-,19-/m1/s1. The highest BCUT2D eigenvalue weighted by Gasteiger charge is 2.21. The summed E-state index contributed by atoms with van der Waals surface area (Å²) in [6, 6.07) is 15.7. The van der Waals surface area contributed by atoms with E-state index in [0.29, 0.717) is 12.2 Å². The summed E-state index contributed by atoms with van der Waals surface area (Å²) < 4.78 is 5.80. The van der Waals surface area contributed by atoms with Crippen LogP contribution in [0.15, 0.2) is 48.5 Å². The molecule has 0 heterocycles. The van der Waals surface area contributed by atoms with E-state index in [1.54, 1.807) is 0 Å². The fraction of sp³-hybridized carbons (Fsp3) is 0.350. The van der Waals surface area contributed by atoms with E-state index in [4.69, 9.17) is 4.74 Å². The molecule has 0 saturated heterocycles. The molecular weight excluding hydrogens is 286 g/mol. The molecule has 0 spiro atoms. The Hall–Kier alpha value is -2.29. The lowest BCUT2D eigenvalue weighted by atomic mass is 10.00. The van der Waals surface area contributed by atoms with E-state index in [-0.39, 0.29) is 11.9 Å². The molecule has 0 aliphatic rings. The van der Waals surface area contributed by atoms with Gasteiger partial charge in [0.2, 0.25) is 0 Å². The Bertz CT molecular complexity index is 652. The van der Waals surface area contributed by atoms with E-state index in [0.717, 1.165) is 5.56 Å². The van der Waals surface area contributed by atoms with Gasteiger partial charge in [-0.2, -0.15) is 0 Å². The van der Waals surface area contributed by atoms with Gasteiger partial charge in [-0.25, -0.2) is 0 Å². The predicted molar refractivity (Wildman–Crippen MR) is 93.6 cm³/mol. The first kappa shape index (κ1) is 17.1. The van der Waals surface area contributed by atoms with Crippen LogP contribution in [-0.4, -0.2) is 12.0 Å². The molecule has 2 atom stereocenters. The number of carbonyl (C=O) groups excluding carboxylic acids is 1. The quantitative estimate of drug-likeness (QED) is 0.862. The second kappa shape index (κ2) is 7.82. The van der Waals surface area contributed by atoms with Crippen molar-refractivity contribution in [2.75, 3.05) is 0 Å². The zero-order valence-electron chi connectivity index (χ0n) is 14.3. The summed E-state index contributed by atoms with van der Waals surface area (Å²) in [5.41, 5.74) is 3.52. The lowest BCUT2D eigenvalue weighted by molar-refractivity contribution is -0.128. The van der Waals surface area contributed by atoms with Crippen LogP contribution in [0.2, 0.25) is 0 Å². The minimum Gasteiger partial charge on any atom is -0.481 e. The second-order valence-electron chi connectivity index (χ2n) is 5.92. The van der Waals surface area contributed by atoms with Crippen molar-refractivity contribution in [1.82, 2.24) is 5.32 Å². The molecule has 0 fully saturated rings. The van der Waals surface area contributed by atoms with Gasteiger partial charge >= 0.3 is 0 Å². The van der Waals surface area contributed by atoms with Crippen molar-refractivity contribution in [3.63, 3.8) is 0 Å². The SMILES string of the molecule is CC[C@@H](Oc1ccccc1)C(=O)N[C@H](C)c1cc(C)ccc1C. The third-order valence-corrected chi connectivity index (χ3v) is 3.94. The Morgan fingerprint density at radius 3 is 2.48 bits per heavy atom. The van der Waals surface area contributed by atoms with Gasteiger partial charge in [-0.15, -0.1) is 0 Å². The first-order valence-corrected chi connectivity index (χ1v) is 8.10. The summed E-state index contributed by atoms with van der Waals surface area (Å²) in [6.45, 7) is 8.09. The van der Waals surface area contributed by atoms with E-state index < -0.39 is 6.10 Å². The summed E-state index contributed by atoms with van der Waals surface area (Å²) in [5.74, 6) is 0.638. The van der Waals surface area contributed by atoms with Crippen molar-refractivity contribution in [1.29, 1.82) is 0 Å². The largest absolute Gasteiger partial charge is 0.481 e. The van der Waals surface area contributed by atoms with E-state index in [2.05, 4.69) is 37.4 Å². The van der Waals surface area contributed by atoms with Crippen LogP contribution in [0, 0.1) is 13.8 Å². The molecule has 122 valence electrons. The maximum absolute atomic E-state index is 12.5. The smallest absolute Gasteiger partial charge is 0.261 e. The number of rotatable bonds is 6. The van der Waals surface area contributed by atoms with Crippen molar-refractivity contribution < 1.29 is 9.53 Å². The van der Waals surface area contributed by atoms with Crippen LogP contribution in [-0.2, 0) is 4.79 Å². The molecule has 2 rings (SSSR count). The Morgan fingerprint density at radius 2 is 1.83 bits per heavy atom. The molecule has 0 bridgehead atoms. The van der Waals surface area contributed by atoms with Gasteiger partial charge in [0.05, 0.1) is 6.04 Å². The summed E-state index contributed by atoms with van der Waals surface area (Å²) >= 11 is 0. The normalized spacial score (nSPS) is 13.2.